The third-order valence-electron chi connectivity index (χ3n) is 4.31. The Kier molecular flexibility index (Phi) is 4.41. The standard InChI is InChI=1S/C16H25NO/c1-12-4-5-13(2)17(10-12)14(3)16-8-6-15(11-18)7-9-16/h6-9,12-14,18H,4-5,10-11H2,1-3H3/t12-,13-,14?/m1/s1. The smallest absolute Gasteiger partial charge is 0.0681 e. The van der Waals surface area contributed by atoms with E-state index in [4.69, 9.17) is 5.11 Å². The molecule has 0 spiro atoms. The molecule has 1 N–H and O–H groups in total. The summed E-state index contributed by atoms with van der Waals surface area (Å²) in [5.74, 6) is 0.806. The van der Waals surface area contributed by atoms with Crippen molar-refractivity contribution in [2.45, 2.75) is 52.3 Å². The molecule has 1 aliphatic heterocycles. The first kappa shape index (κ1) is 13.6. The summed E-state index contributed by atoms with van der Waals surface area (Å²) in [5.41, 5.74) is 2.35. The van der Waals surface area contributed by atoms with Crippen LogP contribution in [0.4, 0.5) is 0 Å². The van der Waals surface area contributed by atoms with Crippen molar-refractivity contribution in [1.29, 1.82) is 0 Å². The zero-order valence-corrected chi connectivity index (χ0v) is 11.8. The summed E-state index contributed by atoms with van der Waals surface area (Å²) >= 11 is 0. The van der Waals surface area contributed by atoms with Gasteiger partial charge in [-0.2, -0.15) is 0 Å². The molecule has 2 rings (SSSR count). The maximum atomic E-state index is 9.08. The number of aliphatic hydroxyl groups excluding tert-OH is 1. The van der Waals surface area contributed by atoms with Crippen LogP contribution >= 0.6 is 0 Å². The third-order valence-corrected chi connectivity index (χ3v) is 4.31. The summed E-state index contributed by atoms with van der Waals surface area (Å²) in [4.78, 5) is 2.61. The molecule has 1 heterocycles. The van der Waals surface area contributed by atoms with E-state index in [9.17, 15) is 0 Å². The SMILES string of the molecule is CC(c1ccc(CO)cc1)N1C[C@H](C)CC[C@H]1C. The molecule has 1 aromatic rings. The first-order valence-electron chi connectivity index (χ1n) is 7.07. The summed E-state index contributed by atoms with van der Waals surface area (Å²) in [6, 6.07) is 9.52. The van der Waals surface area contributed by atoms with Crippen molar-refractivity contribution < 1.29 is 5.11 Å². The monoisotopic (exact) mass is 247 g/mol. The van der Waals surface area contributed by atoms with Gasteiger partial charge in [0, 0.05) is 18.6 Å². The molecule has 2 heteroatoms. The van der Waals surface area contributed by atoms with E-state index in [-0.39, 0.29) is 6.61 Å². The fraction of sp³-hybridized carbons (Fsp3) is 0.625. The average molecular weight is 247 g/mol. The lowest BCUT2D eigenvalue weighted by Gasteiger charge is -2.41. The first-order valence-corrected chi connectivity index (χ1v) is 7.07. The van der Waals surface area contributed by atoms with Gasteiger partial charge in [0.25, 0.3) is 0 Å². The molecule has 1 aromatic carbocycles. The van der Waals surface area contributed by atoms with Crippen LogP contribution in [-0.4, -0.2) is 22.6 Å². The molecule has 0 amide bonds. The largest absolute Gasteiger partial charge is 0.392 e. The molecule has 1 fully saturated rings. The molecular formula is C16H25NO. The Bertz CT molecular complexity index is 373. The van der Waals surface area contributed by atoms with Crippen molar-refractivity contribution in [2.75, 3.05) is 6.54 Å². The number of likely N-dealkylation sites (tertiary alicyclic amines) is 1. The number of piperidine rings is 1. The highest BCUT2D eigenvalue weighted by atomic mass is 16.3. The lowest BCUT2D eigenvalue weighted by Crippen LogP contribution is -2.42. The number of hydrogen-bond acceptors (Lipinski definition) is 2. The summed E-state index contributed by atoms with van der Waals surface area (Å²) in [6.45, 7) is 8.31. The van der Waals surface area contributed by atoms with Gasteiger partial charge in [-0.15, -0.1) is 0 Å². The van der Waals surface area contributed by atoms with Crippen molar-refractivity contribution >= 4 is 0 Å². The second-order valence-corrected chi connectivity index (χ2v) is 5.80. The van der Waals surface area contributed by atoms with Gasteiger partial charge in [0.05, 0.1) is 6.61 Å². The molecule has 1 aliphatic rings. The van der Waals surface area contributed by atoms with Crippen LogP contribution in [0.5, 0.6) is 0 Å². The van der Waals surface area contributed by atoms with Crippen LogP contribution in [0.2, 0.25) is 0 Å². The van der Waals surface area contributed by atoms with Crippen molar-refractivity contribution in [2.24, 2.45) is 5.92 Å². The van der Waals surface area contributed by atoms with Gasteiger partial charge in [0.1, 0.15) is 0 Å². The Morgan fingerprint density at radius 3 is 2.50 bits per heavy atom. The molecule has 2 nitrogen and oxygen atoms in total. The van der Waals surface area contributed by atoms with E-state index in [0.29, 0.717) is 12.1 Å². The zero-order valence-electron chi connectivity index (χ0n) is 11.8. The van der Waals surface area contributed by atoms with E-state index in [1.165, 1.54) is 24.9 Å². The summed E-state index contributed by atoms with van der Waals surface area (Å²) in [7, 11) is 0. The van der Waals surface area contributed by atoms with Gasteiger partial charge in [-0.3, -0.25) is 4.90 Å². The molecular weight excluding hydrogens is 222 g/mol. The van der Waals surface area contributed by atoms with Gasteiger partial charge >= 0.3 is 0 Å². The minimum atomic E-state index is 0.131. The normalized spacial score (nSPS) is 27.1. The molecule has 0 aromatic heterocycles. The van der Waals surface area contributed by atoms with Gasteiger partial charge < -0.3 is 5.11 Å². The molecule has 18 heavy (non-hydrogen) atoms. The van der Waals surface area contributed by atoms with Gasteiger partial charge in [0.2, 0.25) is 0 Å². The second kappa shape index (κ2) is 5.85. The van der Waals surface area contributed by atoms with Crippen LogP contribution in [0, 0.1) is 5.92 Å². The van der Waals surface area contributed by atoms with E-state index >= 15 is 0 Å². The molecule has 1 unspecified atom stereocenters. The summed E-state index contributed by atoms with van der Waals surface area (Å²) < 4.78 is 0. The van der Waals surface area contributed by atoms with Gasteiger partial charge in [-0.25, -0.2) is 0 Å². The summed E-state index contributed by atoms with van der Waals surface area (Å²) in [6.07, 6.45) is 2.66. The van der Waals surface area contributed by atoms with Crippen molar-refractivity contribution in [3.05, 3.63) is 35.4 Å². The van der Waals surface area contributed by atoms with Crippen molar-refractivity contribution in [3.8, 4) is 0 Å². The fourth-order valence-corrected chi connectivity index (χ4v) is 2.96. The number of rotatable bonds is 3. The Morgan fingerprint density at radius 1 is 1.22 bits per heavy atom. The van der Waals surface area contributed by atoms with E-state index in [1.807, 2.05) is 12.1 Å². The van der Waals surface area contributed by atoms with E-state index in [2.05, 4.69) is 37.8 Å². The minimum absolute atomic E-state index is 0.131. The highest BCUT2D eigenvalue weighted by Crippen LogP contribution is 2.30. The number of hydrogen-bond donors (Lipinski definition) is 1. The number of benzene rings is 1. The molecule has 0 saturated carbocycles. The van der Waals surface area contributed by atoms with Crippen LogP contribution in [0.1, 0.15) is 50.8 Å². The lowest BCUT2D eigenvalue weighted by atomic mass is 9.92. The molecule has 100 valence electrons. The molecule has 0 aliphatic carbocycles. The third kappa shape index (κ3) is 2.93. The van der Waals surface area contributed by atoms with E-state index in [1.54, 1.807) is 0 Å². The molecule has 0 radical (unpaired) electrons. The van der Waals surface area contributed by atoms with Crippen LogP contribution in [0.25, 0.3) is 0 Å². The Labute approximate surface area is 111 Å². The van der Waals surface area contributed by atoms with Crippen LogP contribution in [0.15, 0.2) is 24.3 Å². The second-order valence-electron chi connectivity index (χ2n) is 5.80. The molecule has 1 saturated heterocycles. The van der Waals surface area contributed by atoms with E-state index in [0.717, 1.165) is 11.5 Å². The predicted octanol–water partition coefficient (Wildman–Crippen LogP) is 3.36. The highest BCUT2D eigenvalue weighted by molar-refractivity contribution is 5.24. The Balaban J connectivity index is 2.10. The first-order chi connectivity index (χ1) is 8.61. The van der Waals surface area contributed by atoms with Gasteiger partial charge in [-0.05, 0) is 43.7 Å². The molecule has 3 atom stereocenters. The lowest BCUT2D eigenvalue weighted by molar-refractivity contribution is 0.0844. The van der Waals surface area contributed by atoms with Crippen LogP contribution in [-0.2, 0) is 6.61 Å². The number of nitrogens with zero attached hydrogens (tertiary/aromatic N) is 1. The predicted molar refractivity (Wildman–Crippen MR) is 75.3 cm³/mol. The summed E-state index contributed by atoms with van der Waals surface area (Å²) in [5, 5.41) is 9.08. The Morgan fingerprint density at radius 2 is 1.89 bits per heavy atom. The maximum Gasteiger partial charge on any atom is 0.0681 e. The van der Waals surface area contributed by atoms with Crippen LogP contribution in [0.3, 0.4) is 0 Å². The topological polar surface area (TPSA) is 23.5 Å². The van der Waals surface area contributed by atoms with E-state index < -0.39 is 0 Å². The van der Waals surface area contributed by atoms with Gasteiger partial charge in [0.15, 0.2) is 0 Å². The zero-order chi connectivity index (χ0) is 13.1. The average Bonchev–Trinajstić information content (AvgIpc) is 2.41. The van der Waals surface area contributed by atoms with Crippen molar-refractivity contribution in [1.82, 2.24) is 4.90 Å². The molecule has 0 bridgehead atoms. The van der Waals surface area contributed by atoms with Crippen molar-refractivity contribution in [3.63, 3.8) is 0 Å². The maximum absolute atomic E-state index is 9.08. The number of aliphatic hydroxyl groups is 1. The quantitative estimate of drug-likeness (QED) is 0.885. The highest BCUT2D eigenvalue weighted by Gasteiger charge is 2.27. The Hall–Kier alpha value is -0.860. The van der Waals surface area contributed by atoms with Crippen LogP contribution < -0.4 is 0 Å². The fourth-order valence-electron chi connectivity index (χ4n) is 2.96. The van der Waals surface area contributed by atoms with Gasteiger partial charge in [-0.1, -0.05) is 31.2 Å². The minimum Gasteiger partial charge on any atom is -0.392 e.